The Morgan fingerprint density at radius 2 is 2.12 bits per heavy atom. The Kier molecular flexibility index (Phi) is 3.82. The molecule has 2 rings (SSSR count). The van der Waals surface area contributed by atoms with Crippen molar-refractivity contribution in [3.8, 4) is 0 Å². The van der Waals surface area contributed by atoms with Gasteiger partial charge in [-0.15, -0.1) is 0 Å². The highest BCUT2D eigenvalue weighted by Gasteiger charge is 2.16. The number of aryl methyl sites for hydroxylation is 1. The van der Waals surface area contributed by atoms with E-state index in [-0.39, 0.29) is 6.04 Å². The van der Waals surface area contributed by atoms with Crippen molar-refractivity contribution in [2.75, 3.05) is 0 Å². The van der Waals surface area contributed by atoms with Gasteiger partial charge in [0.05, 0.1) is 6.04 Å². The van der Waals surface area contributed by atoms with Crippen LogP contribution in [0.4, 0.5) is 0 Å². The number of allylic oxidation sites excluding steroid dienone is 1. The van der Waals surface area contributed by atoms with Gasteiger partial charge in [-0.3, -0.25) is 0 Å². The first-order valence-electron chi connectivity index (χ1n) is 5.89. The lowest BCUT2D eigenvalue weighted by molar-refractivity contribution is 0.647. The predicted octanol–water partition coefficient (Wildman–Crippen LogP) is 4.26. The van der Waals surface area contributed by atoms with Crippen LogP contribution in [0.15, 0.2) is 34.3 Å². The average Bonchev–Trinajstić information content (AvgIpc) is 2.29. The fourth-order valence-electron chi connectivity index (χ4n) is 2.23. The van der Waals surface area contributed by atoms with E-state index in [0.29, 0.717) is 0 Å². The summed E-state index contributed by atoms with van der Waals surface area (Å²) in [7, 11) is 0. The maximum Gasteiger partial charge on any atom is 0.0522 e. The number of nitrogens with two attached hydrogens (primary N) is 1. The number of halogens is 1. The summed E-state index contributed by atoms with van der Waals surface area (Å²) in [4.78, 5) is 0. The van der Waals surface area contributed by atoms with Gasteiger partial charge >= 0.3 is 0 Å². The van der Waals surface area contributed by atoms with Gasteiger partial charge in [0.1, 0.15) is 0 Å². The molecule has 1 atom stereocenters. The molecule has 0 heterocycles. The third-order valence-corrected chi connectivity index (χ3v) is 3.90. The third kappa shape index (κ3) is 2.55. The zero-order valence-electron chi connectivity index (χ0n) is 9.67. The maximum atomic E-state index is 6.32. The molecule has 1 unspecified atom stereocenters. The minimum Gasteiger partial charge on any atom is -0.321 e. The van der Waals surface area contributed by atoms with Gasteiger partial charge in [0.15, 0.2) is 0 Å². The Labute approximate surface area is 106 Å². The molecule has 1 aromatic carbocycles. The molecule has 0 fully saturated rings. The van der Waals surface area contributed by atoms with E-state index in [4.69, 9.17) is 5.73 Å². The van der Waals surface area contributed by atoms with E-state index in [0.717, 1.165) is 10.9 Å². The lowest BCUT2D eigenvalue weighted by Gasteiger charge is -2.21. The molecule has 1 aromatic rings. The maximum absolute atomic E-state index is 6.32. The molecule has 86 valence electrons. The van der Waals surface area contributed by atoms with E-state index in [2.05, 4.69) is 47.1 Å². The molecule has 16 heavy (non-hydrogen) atoms. The van der Waals surface area contributed by atoms with Crippen LogP contribution in [-0.2, 0) is 0 Å². The van der Waals surface area contributed by atoms with E-state index in [1.165, 1.54) is 36.0 Å². The van der Waals surface area contributed by atoms with Crippen molar-refractivity contribution >= 4 is 15.9 Å². The first-order valence-corrected chi connectivity index (χ1v) is 6.68. The van der Waals surface area contributed by atoms with Crippen LogP contribution in [0.1, 0.15) is 42.9 Å². The molecule has 0 saturated heterocycles. The van der Waals surface area contributed by atoms with Crippen LogP contribution in [0.2, 0.25) is 0 Å². The SMILES string of the molecule is Cc1ccc(C(N)C2=CCCCC2)c(Br)c1. The number of benzene rings is 1. The highest BCUT2D eigenvalue weighted by atomic mass is 79.9. The standard InChI is InChI=1S/C14H18BrN/c1-10-7-8-12(13(15)9-10)14(16)11-5-3-2-4-6-11/h5,7-9,14H,2-4,6,16H2,1H3. The van der Waals surface area contributed by atoms with E-state index in [1.54, 1.807) is 0 Å². The summed E-state index contributed by atoms with van der Waals surface area (Å²) in [6, 6.07) is 6.47. The van der Waals surface area contributed by atoms with Crippen molar-refractivity contribution in [3.63, 3.8) is 0 Å². The van der Waals surface area contributed by atoms with Crippen molar-refractivity contribution in [2.45, 2.75) is 38.6 Å². The van der Waals surface area contributed by atoms with Crippen molar-refractivity contribution < 1.29 is 0 Å². The van der Waals surface area contributed by atoms with Crippen LogP contribution in [0, 0.1) is 6.92 Å². The predicted molar refractivity (Wildman–Crippen MR) is 72.4 cm³/mol. The summed E-state index contributed by atoms with van der Waals surface area (Å²) in [5.41, 5.74) is 10.2. The van der Waals surface area contributed by atoms with Crippen LogP contribution in [0.5, 0.6) is 0 Å². The molecule has 1 nitrogen and oxygen atoms in total. The lowest BCUT2D eigenvalue weighted by Crippen LogP contribution is -2.15. The van der Waals surface area contributed by atoms with Gasteiger partial charge in [-0.25, -0.2) is 0 Å². The fourth-order valence-corrected chi connectivity index (χ4v) is 2.97. The first-order chi connectivity index (χ1) is 7.68. The van der Waals surface area contributed by atoms with E-state index in [1.807, 2.05) is 0 Å². The molecule has 2 heteroatoms. The Balaban J connectivity index is 2.26. The largest absolute Gasteiger partial charge is 0.321 e. The molecular formula is C14H18BrN. The topological polar surface area (TPSA) is 26.0 Å². The molecule has 0 amide bonds. The molecule has 1 aliphatic carbocycles. The summed E-state index contributed by atoms with van der Waals surface area (Å²) < 4.78 is 1.13. The van der Waals surface area contributed by atoms with E-state index >= 15 is 0 Å². The minimum absolute atomic E-state index is 0.0651. The Hall–Kier alpha value is -0.600. The van der Waals surface area contributed by atoms with Gasteiger partial charge in [0.2, 0.25) is 0 Å². The molecular weight excluding hydrogens is 262 g/mol. The Morgan fingerprint density at radius 1 is 1.31 bits per heavy atom. The van der Waals surface area contributed by atoms with Crippen molar-refractivity contribution in [3.05, 3.63) is 45.4 Å². The number of hydrogen-bond acceptors (Lipinski definition) is 1. The molecule has 2 N–H and O–H groups in total. The summed E-state index contributed by atoms with van der Waals surface area (Å²) in [5, 5.41) is 0. The second-order valence-corrected chi connectivity index (χ2v) is 5.38. The van der Waals surface area contributed by atoms with Crippen molar-refractivity contribution in [2.24, 2.45) is 5.73 Å². The monoisotopic (exact) mass is 279 g/mol. The lowest BCUT2D eigenvalue weighted by atomic mass is 9.90. The number of hydrogen-bond donors (Lipinski definition) is 1. The second-order valence-electron chi connectivity index (χ2n) is 4.53. The molecule has 0 aliphatic heterocycles. The van der Waals surface area contributed by atoms with Gasteiger partial charge in [0, 0.05) is 4.47 Å². The van der Waals surface area contributed by atoms with Crippen molar-refractivity contribution in [1.29, 1.82) is 0 Å². The quantitative estimate of drug-likeness (QED) is 0.805. The first kappa shape index (κ1) is 11.9. The molecule has 0 bridgehead atoms. The highest BCUT2D eigenvalue weighted by molar-refractivity contribution is 9.10. The Bertz CT molecular complexity index is 409. The molecule has 0 aromatic heterocycles. The van der Waals surface area contributed by atoms with E-state index in [9.17, 15) is 0 Å². The molecule has 1 aliphatic rings. The highest BCUT2D eigenvalue weighted by Crippen LogP contribution is 2.32. The number of rotatable bonds is 2. The van der Waals surface area contributed by atoms with Crippen LogP contribution >= 0.6 is 15.9 Å². The average molecular weight is 280 g/mol. The zero-order valence-corrected chi connectivity index (χ0v) is 11.3. The van der Waals surface area contributed by atoms with Crippen molar-refractivity contribution in [1.82, 2.24) is 0 Å². The van der Waals surface area contributed by atoms with Gasteiger partial charge in [0.25, 0.3) is 0 Å². The second kappa shape index (κ2) is 5.15. The van der Waals surface area contributed by atoms with E-state index < -0.39 is 0 Å². The van der Waals surface area contributed by atoms with Gasteiger partial charge < -0.3 is 5.73 Å². The van der Waals surface area contributed by atoms with Crippen LogP contribution in [-0.4, -0.2) is 0 Å². The fraction of sp³-hybridized carbons (Fsp3) is 0.429. The van der Waals surface area contributed by atoms with Gasteiger partial charge in [-0.1, -0.05) is 39.7 Å². The van der Waals surface area contributed by atoms with Gasteiger partial charge in [-0.2, -0.15) is 0 Å². The van der Waals surface area contributed by atoms with Crippen LogP contribution in [0.3, 0.4) is 0 Å². The normalized spacial score (nSPS) is 18.1. The molecule has 0 spiro atoms. The van der Waals surface area contributed by atoms with Crippen LogP contribution < -0.4 is 5.73 Å². The summed E-state index contributed by atoms with van der Waals surface area (Å²) in [6.07, 6.45) is 7.25. The molecule has 0 saturated carbocycles. The minimum atomic E-state index is 0.0651. The zero-order chi connectivity index (χ0) is 11.5. The van der Waals surface area contributed by atoms with Crippen LogP contribution in [0.25, 0.3) is 0 Å². The molecule has 0 radical (unpaired) electrons. The third-order valence-electron chi connectivity index (χ3n) is 3.22. The summed E-state index contributed by atoms with van der Waals surface area (Å²) >= 11 is 3.61. The van der Waals surface area contributed by atoms with Gasteiger partial charge in [-0.05, 0) is 49.8 Å². The smallest absolute Gasteiger partial charge is 0.0522 e. The summed E-state index contributed by atoms with van der Waals surface area (Å²) in [6.45, 7) is 2.10. The Morgan fingerprint density at radius 3 is 2.75 bits per heavy atom. The summed E-state index contributed by atoms with van der Waals surface area (Å²) in [5.74, 6) is 0.